The van der Waals surface area contributed by atoms with E-state index in [1.807, 2.05) is 0 Å². The predicted molar refractivity (Wildman–Crippen MR) is 67.5 cm³/mol. The minimum Gasteiger partial charge on any atom is -0.490 e. The Morgan fingerprint density at radius 3 is 2.83 bits per heavy atom. The van der Waals surface area contributed by atoms with Gasteiger partial charge in [0.2, 0.25) is 0 Å². The highest BCUT2D eigenvalue weighted by Gasteiger charge is 2.13. The van der Waals surface area contributed by atoms with E-state index in [4.69, 9.17) is 32.0 Å². The van der Waals surface area contributed by atoms with Gasteiger partial charge in [0.05, 0.1) is 17.8 Å². The second-order valence-corrected chi connectivity index (χ2v) is 3.63. The molecule has 0 radical (unpaired) electrons. The lowest BCUT2D eigenvalue weighted by Gasteiger charge is -2.13. The van der Waals surface area contributed by atoms with E-state index in [1.54, 1.807) is 19.1 Å². The van der Waals surface area contributed by atoms with Crippen LogP contribution in [-0.4, -0.2) is 30.5 Å². The van der Waals surface area contributed by atoms with Crippen molar-refractivity contribution in [3.63, 3.8) is 0 Å². The van der Waals surface area contributed by atoms with Gasteiger partial charge in [-0.3, -0.25) is 0 Å². The summed E-state index contributed by atoms with van der Waals surface area (Å²) in [6.45, 7) is 1.69. The van der Waals surface area contributed by atoms with E-state index in [1.165, 1.54) is 6.21 Å². The van der Waals surface area contributed by atoms with E-state index in [0.717, 1.165) is 0 Å². The van der Waals surface area contributed by atoms with Crippen molar-refractivity contribution >= 4 is 23.8 Å². The molecule has 0 spiro atoms. The fourth-order valence-electron chi connectivity index (χ4n) is 1.29. The van der Waals surface area contributed by atoms with Gasteiger partial charge < -0.3 is 20.4 Å². The minimum atomic E-state index is -1.10. The van der Waals surface area contributed by atoms with E-state index < -0.39 is 12.6 Å². The average molecular weight is 273 g/mol. The molecule has 0 amide bonds. The Bertz CT molecular complexity index is 463. The third-order valence-corrected chi connectivity index (χ3v) is 2.18. The molecular weight excluding hydrogens is 260 g/mol. The highest BCUT2D eigenvalue weighted by atomic mass is 35.5. The molecule has 0 aliphatic rings. The molecule has 3 N–H and O–H groups in total. The molecule has 0 aliphatic carbocycles. The third-order valence-electron chi connectivity index (χ3n) is 1.90. The number of hydrogen-bond acceptors (Lipinski definition) is 5. The third kappa shape index (κ3) is 3.81. The van der Waals surface area contributed by atoms with Crippen LogP contribution in [-0.2, 0) is 4.79 Å². The second-order valence-electron chi connectivity index (χ2n) is 3.22. The molecule has 18 heavy (non-hydrogen) atoms. The van der Waals surface area contributed by atoms with Crippen molar-refractivity contribution in [2.24, 2.45) is 10.9 Å². The maximum absolute atomic E-state index is 10.5. The maximum atomic E-state index is 10.5. The van der Waals surface area contributed by atoms with E-state index in [2.05, 4.69) is 5.10 Å². The lowest BCUT2D eigenvalue weighted by molar-refractivity contribution is -0.139. The molecule has 6 nitrogen and oxygen atoms in total. The minimum absolute atomic E-state index is 0.190. The number of hydrogen-bond donors (Lipinski definition) is 2. The molecular formula is C11H13ClN2O4. The molecule has 0 heterocycles. The lowest BCUT2D eigenvalue weighted by Crippen LogP contribution is -2.11. The number of hydrazone groups is 1. The van der Waals surface area contributed by atoms with Crippen molar-refractivity contribution in [3.05, 3.63) is 22.7 Å². The molecule has 0 unspecified atom stereocenters. The summed E-state index contributed by atoms with van der Waals surface area (Å²) in [5, 5.41) is 12.2. The molecule has 0 saturated carbocycles. The van der Waals surface area contributed by atoms with Gasteiger partial charge in [0, 0.05) is 0 Å². The topological polar surface area (TPSA) is 94.1 Å². The number of carbonyl (C=O) groups is 1. The molecule has 0 saturated heterocycles. The zero-order valence-corrected chi connectivity index (χ0v) is 10.5. The molecule has 0 fully saturated rings. The number of nitrogens with two attached hydrogens (primary N) is 1. The first-order valence-corrected chi connectivity index (χ1v) is 5.50. The highest BCUT2D eigenvalue weighted by molar-refractivity contribution is 6.32. The summed E-state index contributed by atoms with van der Waals surface area (Å²) in [4.78, 5) is 10.5. The highest BCUT2D eigenvalue weighted by Crippen LogP contribution is 2.36. The van der Waals surface area contributed by atoms with Crippen LogP contribution < -0.4 is 15.3 Å². The molecule has 1 aromatic rings. The van der Waals surface area contributed by atoms with Gasteiger partial charge in [-0.1, -0.05) is 11.6 Å². The van der Waals surface area contributed by atoms with Crippen LogP contribution in [0.25, 0.3) is 0 Å². The quantitative estimate of drug-likeness (QED) is 0.465. The van der Waals surface area contributed by atoms with Gasteiger partial charge >= 0.3 is 5.97 Å². The van der Waals surface area contributed by atoms with Crippen molar-refractivity contribution in [2.45, 2.75) is 6.92 Å². The first-order chi connectivity index (χ1) is 8.58. The van der Waals surface area contributed by atoms with Crippen LogP contribution >= 0.6 is 11.6 Å². The second kappa shape index (κ2) is 6.70. The van der Waals surface area contributed by atoms with Crippen LogP contribution in [0.3, 0.4) is 0 Å². The van der Waals surface area contributed by atoms with Crippen molar-refractivity contribution < 1.29 is 19.4 Å². The van der Waals surface area contributed by atoms with Gasteiger partial charge in [-0.15, -0.1) is 0 Å². The fraction of sp³-hybridized carbons (Fsp3) is 0.273. The van der Waals surface area contributed by atoms with E-state index >= 15 is 0 Å². The Balaban J connectivity index is 3.09. The van der Waals surface area contributed by atoms with E-state index in [0.29, 0.717) is 17.9 Å². The Hall–Kier alpha value is -1.95. The monoisotopic (exact) mass is 272 g/mol. The van der Waals surface area contributed by atoms with Crippen molar-refractivity contribution in [3.8, 4) is 11.5 Å². The van der Waals surface area contributed by atoms with Gasteiger partial charge in [-0.05, 0) is 24.6 Å². The number of halogens is 1. The zero-order chi connectivity index (χ0) is 13.5. The molecule has 7 heteroatoms. The fourth-order valence-corrected chi connectivity index (χ4v) is 1.56. The maximum Gasteiger partial charge on any atom is 0.341 e. The number of ether oxygens (including phenoxy) is 2. The number of carboxylic acids is 1. The summed E-state index contributed by atoms with van der Waals surface area (Å²) in [6, 6.07) is 3.17. The molecule has 98 valence electrons. The molecule has 0 atom stereocenters. The van der Waals surface area contributed by atoms with Gasteiger partial charge in [0.15, 0.2) is 18.1 Å². The molecule has 1 aromatic carbocycles. The molecule has 0 aliphatic heterocycles. The number of nitrogens with zero attached hydrogens (tertiary/aromatic N) is 1. The predicted octanol–water partition coefficient (Wildman–Crippen LogP) is 1.49. The van der Waals surface area contributed by atoms with Crippen LogP contribution in [0, 0.1) is 0 Å². The molecule has 1 rings (SSSR count). The Morgan fingerprint density at radius 1 is 1.56 bits per heavy atom. The average Bonchev–Trinajstić information content (AvgIpc) is 2.28. The molecule has 0 bridgehead atoms. The lowest BCUT2D eigenvalue weighted by atomic mass is 10.2. The summed E-state index contributed by atoms with van der Waals surface area (Å²) in [5.41, 5.74) is 0.633. The Kier molecular flexibility index (Phi) is 5.26. The number of rotatable bonds is 6. The van der Waals surface area contributed by atoms with Crippen LogP contribution in [0.2, 0.25) is 5.02 Å². The Morgan fingerprint density at radius 2 is 2.28 bits per heavy atom. The number of benzene rings is 1. The Labute approximate surface area is 109 Å². The van der Waals surface area contributed by atoms with Crippen LogP contribution in [0.5, 0.6) is 11.5 Å². The van der Waals surface area contributed by atoms with Crippen LogP contribution in [0.15, 0.2) is 17.2 Å². The standard InChI is InChI=1S/C11H13ClN2O4/c1-2-17-9-4-7(5-14-13)3-8(12)11(9)18-6-10(15)16/h3-5H,2,6,13H2,1H3,(H,15,16). The summed E-state index contributed by atoms with van der Waals surface area (Å²) in [5.74, 6) is 4.49. The number of carboxylic acid groups (broad SMARTS) is 1. The normalized spacial score (nSPS) is 10.6. The summed E-state index contributed by atoms with van der Waals surface area (Å²) >= 11 is 5.99. The number of aliphatic carboxylic acids is 1. The summed E-state index contributed by atoms with van der Waals surface area (Å²) in [6.07, 6.45) is 1.40. The largest absolute Gasteiger partial charge is 0.490 e. The molecule has 0 aromatic heterocycles. The van der Waals surface area contributed by atoms with Gasteiger partial charge in [0.1, 0.15) is 0 Å². The van der Waals surface area contributed by atoms with E-state index in [-0.39, 0.29) is 10.8 Å². The van der Waals surface area contributed by atoms with Gasteiger partial charge in [0.25, 0.3) is 0 Å². The summed E-state index contributed by atoms with van der Waals surface area (Å²) in [7, 11) is 0. The first-order valence-electron chi connectivity index (χ1n) is 5.12. The van der Waals surface area contributed by atoms with Gasteiger partial charge in [-0.25, -0.2) is 4.79 Å². The first kappa shape index (κ1) is 14.1. The van der Waals surface area contributed by atoms with Crippen molar-refractivity contribution in [1.82, 2.24) is 0 Å². The smallest absolute Gasteiger partial charge is 0.341 e. The van der Waals surface area contributed by atoms with Crippen LogP contribution in [0.4, 0.5) is 0 Å². The van der Waals surface area contributed by atoms with Gasteiger partial charge in [-0.2, -0.15) is 5.10 Å². The van der Waals surface area contributed by atoms with Crippen molar-refractivity contribution in [1.29, 1.82) is 0 Å². The summed E-state index contributed by atoms with van der Waals surface area (Å²) < 4.78 is 10.4. The SMILES string of the molecule is CCOc1cc(C=NN)cc(Cl)c1OCC(=O)O. The zero-order valence-electron chi connectivity index (χ0n) is 9.72. The van der Waals surface area contributed by atoms with Crippen LogP contribution in [0.1, 0.15) is 12.5 Å². The van der Waals surface area contributed by atoms with E-state index in [9.17, 15) is 4.79 Å². The van der Waals surface area contributed by atoms with Crippen molar-refractivity contribution in [2.75, 3.05) is 13.2 Å².